The molecular formula is C19H21FO. The third kappa shape index (κ3) is 2.60. The Balaban J connectivity index is 2.05. The number of rotatable bonds is 2. The third-order valence-electron chi connectivity index (χ3n) is 4.62. The zero-order valence-corrected chi connectivity index (χ0v) is 12.6. The molecule has 1 N–H and O–H groups in total. The summed E-state index contributed by atoms with van der Waals surface area (Å²) >= 11 is 0. The molecule has 3 rings (SSSR count). The lowest BCUT2D eigenvalue weighted by Crippen LogP contribution is -2.24. The van der Waals surface area contributed by atoms with Gasteiger partial charge < -0.3 is 5.11 Å². The Hall–Kier alpha value is -1.67. The van der Waals surface area contributed by atoms with E-state index in [1.807, 2.05) is 13.0 Å². The maximum absolute atomic E-state index is 13.3. The molecule has 2 heteroatoms. The maximum Gasteiger partial charge on any atom is 0.123 e. The quantitative estimate of drug-likeness (QED) is 0.873. The van der Waals surface area contributed by atoms with Crippen LogP contribution in [0.5, 0.6) is 0 Å². The van der Waals surface area contributed by atoms with E-state index in [1.54, 1.807) is 13.0 Å². The summed E-state index contributed by atoms with van der Waals surface area (Å²) in [7, 11) is 0. The number of fused-ring (bicyclic) bond motifs is 1. The van der Waals surface area contributed by atoms with Crippen LogP contribution in [0.3, 0.4) is 0 Å². The minimum atomic E-state index is -1.09. The summed E-state index contributed by atoms with van der Waals surface area (Å²) in [6.45, 7) is 3.63. The molecule has 0 heterocycles. The summed E-state index contributed by atoms with van der Waals surface area (Å²) in [4.78, 5) is 0. The van der Waals surface area contributed by atoms with Crippen LogP contribution in [0.4, 0.5) is 4.39 Å². The average molecular weight is 284 g/mol. The Morgan fingerprint density at radius 2 is 1.71 bits per heavy atom. The minimum Gasteiger partial charge on any atom is -0.381 e. The molecule has 2 aromatic carbocycles. The van der Waals surface area contributed by atoms with Gasteiger partial charge in [0, 0.05) is 0 Å². The number of benzene rings is 2. The van der Waals surface area contributed by atoms with Crippen LogP contribution in [0, 0.1) is 12.7 Å². The van der Waals surface area contributed by atoms with Gasteiger partial charge in [-0.25, -0.2) is 4.39 Å². The highest BCUT2D eigenvalue weighted by molar-refractivity contribution is 5.43. The van der Waals surface area contributed by atoms with Gasteiger partial charge in [-0.15, -0.1) is 0 Å². The molecule has 0 bridgehead atoms. The molecule has 21 heavy (non-hydrogen) atoms. The molecule has 2 aromatic rings. The molecule has 110 valence electrons. The first kappa shape index (κ1) is 14.3. The smallest absolute Gasteiger partial charge is 0.123 e. The third-order valence-corrected chi connectivity index (χ3v) is 4.62. The fourth-order valence-corrected chi connectivity index (χ4v) is 3.37. The Morgan fingerprint density at radius 1 is 1.00 bits per heavy atom. The van der Waals surface area contributed by atoms with E-state index in [0.29, 0.717) is 0 Å². The molecule has 1 aliphatic carbocycles. The molecular weight excluding hydrogens is 263 g/mol. The first-order valence-electron chi connectivity index (χ1n) is 7.60. The molecule has 0 aliphatic heterocycles. The van der Waals surface area contributed by atoms with E-state index in [4.69, 9.17) is 0 Å². The van der Waals surface area contributed by atoms with Crippen LogP contribution >= 0.6 is 0 Å². The van der Waals surface area contributed by atoms with Gasteiger partial charge in [0.1, 0.15) is 11.4 Å². The Bertz CT molecular complexity index is 673. The monoisotopic (exact) mass is 284 g/mol. The van der Waals surface area contributed by atoms with Gasteiger partial charge in [-0.3, -0.25) is 0 Å². The standard InChI is InChI=1S/C19H21FO/c1-13-11-17(20)9-10-18(13)19(2,21)16-8-7-14-5-3-4-6-15(14)12-16/h7-12,21H,3-6H2,1-2H3. The molecule has 1 atom stereocenters. The van der Waals surface area contributed by atoms with Crippen LogP contribution in [-0.4, -0.2) is 5.11 Å². The van der Waals surface area contributed by atoms with Crippen molar-refractivity contribution in [1.82, 2.24) is 0 Å². The summed E-state index contributed by atoms with van der Waals surface area (Å²) in [6.07, 6.45) is 4.68. The van der Waals surface area contributed by atoms with Gasteiger partial charge in [0.2, 0.25) is 0 Å². The van der Waals surface area contributed by atoms with Gasteiger partial charge in [-0.05, 0) is 79.5 Å². The van der Waals surface area contributed by atoms with Crippen molar-refractivity contribution in [3.05, 3.63) is 70.0 Å². The maximum atomic E-state index is 13.3. The fourth-order valence-electron chi connectivity index (χ4n) is 3.37. The molecule has 1 unspecified atom stereocenters. The first-order valence-corrected chi connectivity index (χ1v) is 7.60. The SMILES string of the molecule is Cc1cc(F)ccc1C(C)(O)c1ccc2c(c1)CCCC2. The van der Waals surface area contributed by atoms with Gasteiger partial charge in [0.25, 0.3) is 0 Å². The molecule has 0 saturated heterocycles. The van der Waals surface area contributed by atoms with E-state index in [0.717, 1.165) is 29.5 Å². The normalized spacial score (nSPS) is 17.1. The predicted molar refractivity (Wildman–Crippen MR) is 82.9 cm³/mol. The Labute approximate surface area is 125 Å². The summed E-state index contributed by atoms with van der Waals surface area (Å²) in [5, 5.41) is 11.0. The van der Waals surface area contributed by atoms with Crippen molar-refractivity contribution >= 4 is 0 Å². The van der Waals surface area contributed by atoms with Crippen molar-refractivity contribution in [3.8, 4) is 0 Å². The second-order valence-corrected chi connectivity index (χ2v) is 6.22. The van der Waals surface area contributed by atoms with Crippen LogP contribution in [0.25, 0.3) is 0 Å². The van der Waals surface area contributed by atoms with Gasteiger partial charge in [0.05, 0.1) is 0 Å². The lowest BCUT2D eigenvalue weighted by molar-refractivity contribution is 0.101. The van der Waals surface area contributed by atoms with Crippen LogP contribution in [0.1, 0.15) is 47.6 Å². The van der Waals surface area contributed by atoms with Crippen molar-refractivity contribution in [2.75, 3.05) is 0 Å². The van der Waals surface area contributed by atoms with Crippen LogP contribution < -0.4 is 0 Å². The molecule has 0 saturated carbocycles. The number of halogens is 1. The van der Waals surface area contributed by atoms with Crippen molar-refractivity contribution in [2.24, 2.45) is 0 Å². The largest absolute Gasteiger partial charge is 0.381 e. The van der Waals surface area contributed by atoms with E-state index >= 15 is 0 Å². The van der Waals surface area contributed by atoms with Crippen LogP contribution in [0.15, 0.2) is 36.4 Å². The fraction of sp³-hybridized carbons (Fsp3) is 0.368. The number of aliphatic hydroxyl groups is 1. The highest BCUT2D eigenvalue weighted by Crippen LogP contribution is 2.34. The van der Waals surface area contributed by atoms with Crippen molar-refractivity contribution in [3.63, 3.8) is 0 Å². The summed E-state index contributed by atoms with van der Waals surface area (Å²) < 4.78 is 13.3. The molecule has 0 spiro atoms. The van der Waals surface area contributed by atoms with Crippen molar-refractivity contribution < 1.29 is 9.50 Å². The number of hydrogen-bond acceptors (Lipinski definition) is 1. The van der Waals surface area contributed by atoms with Crippen molar-refractivity contribution in [1.29, 1.82) is 0 Å². The van der Waals surface area contributed by atoms with Gasteiger partial charge >= 0.3 is 0 Å². The zero-order chi connectivity index (χ0) is 15.0. The molecule has 1 nitrogen and oxygen atoms in total. The molecule has 0 aromatic heterocycles. The summed E-state index contributed by atoms with van der Waals surface area (Å²) in [5.41, 5.74) is 4.08. The molecule has 0 radical (unpaired) electrons. The molecule has 0 fully saturated rings. The van der Waals surface area contributed by atoms with Gasteiger partial charge in [-0.2, -0.15) is 0 Å². The number of aryl methyl sites for hydroxylation is 3. The highest BCUT2D eigenvalue weighted by Gasteiger charge is 2.28. The lowest BCUT2D eigenvalue weighted by atomic mass is 9.82. The van der Waals surface area contributed by atoms with E-state index in [2.05, 4.69) is 12.1 Å². The van der Waals surface area contributed by atoms with Gasteiger partial charge in [0.15, 0.2) is 0 Å². The zero-order valence-electron chi connectivity index (χ0n) is 12.6. The topological polar surface area (TPSA) is 20.2 Å². The average Bonchev–Trinajstić information content (AvgIpc) is 2.46. The van der Waals surface area contributed by atoms with Crippen molar-refractivity contribution in [2.45, 2.75) is 45.1 Å². The van der Waals surface area contributed by atoms with Gasteiger partial charge in [-0.1, -0.05) is 24.3 Å². The summed E-state index contributed by atoms with van der Waals surface area (Å²) in [6, 6.07) is 10.8. The molecule has 1 aliphatic rings. The van der Waals surface area contributed by atoms with E-state index < -0.39 is 5.60 Å². The second kappa shape index (κ2) is 5.27. The second-order valence-electron chi connectivity index (χ2n) is 6.22. The van der Waals surface area contributed by atoms with Crippen LogP contribution in [-0.2, 0) is 18.4 Å². The molecule has 0 amide bonds. The lowest BCUT2D eigenvalue weighted by Gasteiger charge is -2.28. The Morgan fingerprint density at radius 3 is 2.43 bits per heavy atom. The van der Waals surface area contributed by atoms with E-state index in [-0.39, 0.29) is 5.82 Å². The van der Waals surface area contributed by atoms with Crippen LogP contribution in [0.2, 0.25) is 0 Å². The Kier molecular flexibility index (Phi) is 3.58. The van der Waals surface area contributed by atoms with E-state index in [1.165, 1.54) is 36.1 Å². The number of hydrogen-bond donors (Lipinski definition) is 1. The first-order chi connectivity index (χ1) is 9.98. The highest BCUT2D eigenvalue weighted by atomic mass is 19.1. The minimum absolute atomic E-state index is 0.266. The predicted octanol–water partition coefficient (Wildman–Crippen LogP) is 4.27. The van der Waals surface area contributed by atoms with E-state index in [9.17, 15) is 9.50 Å². The summed E-state index contributed by atoms with van der Waals surface area (Å²) in [5.74, 6) is -0.266.